The van der Waals surface area contributed by atoms with Crippen LogP contribution in [0.4, 0.5) is 11.4 Å². The van der Waals surface area contributed by atoms with Crippen molar-refractivity contribution < 1.29 is 24.0 Å². The Hall–Kier alpha value is -3.49. The van der Waals surface area contributed by atoms with E-state index in [-0.39, 0.29) is 50.7 Å². The standard InChI is InChI=1S/C29H25N3O5Se/c1-36-19-14-12-18(13-15-19)30-24-22(27(30)33)21(16-38-20-10-6-3-7-11-20)32-25(24)23-26(37-32)29(35)31(28(23)34)17-8-4-2-5-9-17/h2-15,21-26H,16H2,1H3/t21-,22-,23+,24-,25-,26-/m1/s1. The fourth-order valence-corrected chi connectivity index (χ4v) is 8.56. The van der Waals surface area contributed by atoms with Gasteiger partial charge in [0, 0.05) is 0 Å². The summed E-state index contributed by atoms with van der Waals surface area (Å²) in [6, 6.07) is 25.7. The molecule has 192 valence electrons. The molecule has 8 nitrogen and oxygen atoms in total. The second-order valence-corrected chi connectivity index (χ2v) is 12.2. The van der Waals surface area contributed by atoms with Crippen LogP contribution in [0.2, 0.25) is 5.32 Å². The molecule has 4 heterocycles. The van der Waals surface area contributed by atoms with Gasteiger partial charge in [-0.05, 0) is 0 Å². The number of hydrogen-bond donors (Lipinski definition) is 0. The summed E-state index contributed by atoms with van der Waals surface area (Å²) in [6.07, 6.45) is -0.881. The zero-order valence-electron chi connectivity index (χ0n) is 20.5. The number of hydrogen-bond acceptors (Lipinski definition) is 6. The molecule has 0 aromatic heterocycles. The maximum absolute atomic E-state index is 13.8. The summed E-state index contributed by atoms with van der Waals surface area (Å²) in [4.78, 5) is 50.3. The Morgan fingerprint density at radius 1 is 0.763 bits per heavy atom. The van der Waals surface area contributed by atoms with E-state index in [0.29, 0.717) is 11.4 Å². The van der Waals surface area contributed by atoms with E-state index in [0.717, 1.165) is 11.0 Å². The van der Waals surface area contributed by atoms with Crippen LogP contribution < -0.4 is 19.0 Å². The monoisotopic (exact) mass is 575 g/mol. The van der Waals surface area contributed by atoms with Crippen LogP contribution in [0.3, 0.4) is 0 Å². The normalized spacial score (nSPS) is 29.8. The Kier molecular flexibility index (Phi) is 5.63. The number of nitrogens with zero attached hydrogens (tertiary/aromatic N) is 3. The number of methoxy groups -OCH3 is 1. The van der Waals surface area contributed by atoms with E-state index in [1.165, 1.54) is 9.36 Å². The van der Waals surface area contributed by atoms with Crippen LogP contribution >= 0.6 is 0 Å². The molecule has 9 heteroatoms. The fourth-order valence-electron chi connectivity index (χ4n) is 6.32. The molecular formula is C29H25N3O5Se. The van der Waals surface area contributed by atoms with Gasteiger partial charge in [0.25, 0.3) is 0 Å². The molecular weight excluding hydrogens is 549 g/mol. The van der Waals surface area contributed by atoms with Crippen LogP contribution in [-0.2, 0) is 19.2 Å². The van der Waals surface area contributed by atoms with Gasteiger partial charge in [-0.3, -0.25) is 0 Å². The Bertz CT molecular complexity index is 1400. The van der Waals surface area contributed by atoms with Gasteiger partial charge in [-0.1, -0.05) is 0 Å². The first-order chi connectivity index (χ1) is 18.6. The van der Waals surface area contributed by atoms with Gasteiger partial charge in [-0.2, -0.15) is 0 Å². The summed E-state index contributed by atoms with van der Waals surface area (Å²) in [7, 11) is 1.60. The molecule has 4 aliphatic rings. The first-order valence-corrected chi connectivity index (χ1v) is 14.7. The Labute approximate surface area is 226 Å². The zero-order valence-corrected chi connectivity index (χ0v) is 22.3. The van der Waals surface area contributed by atoms with Gasteiger partial charge in [0.15, 0.2) is 0 Å². The molecule has 0 radical (unpaired) electrons. The first kappa shape index (κ1) is 23.6. The van der Waals surface area contributed by atoms with Crippen molar-refractivity contribution in [1.82, 2.24) is 5.06 Å². The number of carbonyl (C=O) groups excluding carboxylic acids is 3. The topological polar surface area (TPSA) is 79.4 Å². The van der Waals surface area contributed by atoms with Gasteiger partial charge >= 0.3 is 227 Å². The minimum absolute atomic E-state index is 0.0280. The summed E-state index contributed by atoms with van der Waals surface area (Å²) >= 11 is 0.108. The summed E-state index contributed by atoms with van der Waals surface area (Å²) in [5, 5.41) is 2.59. The number of anilines is 2. The van der Waals surface area contributed by atoms with E-state index in [9.17, 15) is 14.4 Å². The minimum atomic E-state index is -0.881. The average molecular weight is 574 g/mol. The molecule has 4 saturated heterocycles. The van der Waals surface area contributed by atoms with Crippen LogP contribution in [0, 0.1) is 11.8 Å². The number of ether oxygens (including phenoxy) is 1. The van der Waals surface area contributed by atoms with E-state index >= 15 is 0 Å². The third-order valence-electron chi connectivity index (χ3n) is 8.00. The van der Waals surface area contributed by atoms with E-state index < -0.39 is 18.1 Å². The van der Waals surface area contributed by atoms with Crippen LogP contribution in [0.25, 0.3) is 0 Å². The second-order valence-electron chi connectivity index (χ2n) is 9.86. The van der Waals surface area contributed by atoms with Crippen molar-refractivity contribution in [3.63, 3.8) is 0 Å². The van der Waals surface area contributed by atoms with Crippen molar-refractivity contribution in [2.75, 3.05) is 16.9 Å². The van der Waals surface area contributed by atoms with Gasteiger partial charge in [0.1, 0.15) is 0 Å². The third-order valence-corrected chi connectivity index (χ3v) is 10.3. The number of carbonyl (C=O) groups is 3. The van der Waals surface area contributed by atoms with Crippen molar-refractivity contribution in [3.05, 3.63) is 84.9 Å². The number of fused-ring (bicyclic) bond motifs is 5. The SMILES string of the molecule is COc1ccc(N2C(=O)[C@H]3[C@@H]2[C@H]2[C@@H]4C(=O)N(c5ccccc5)C(=O)[C@@H]4ON2[C@@H]3C[Se]c2ccccc2)cc1. The van der Waals surface area contributed by atoms with Crippen molar-refractivity contribution in [2.45, 2.75) is 29.5 Å². The van der Waals surface area contributed by atoms with Crippen molar-refractivity contribution in [2.24, 2.45) is 11.8 Å². The zero-order chi connectivity index (χ0) is 26.0. The molecule has 4 fully saturated rings. The van der Waals surface area contributed by atoms with Crippen molar-refractivity contribution in [1.29, 1.82) is 0 Å². The van der Waals surface area contributed by atoms with Gasteiger partial charge in [-0.15, -0.1) is 0 Å². The molecule has 0 bridgehead atoms. The number of rotatable bonds is 6. The number of β-lactam (4-membered cyclic amide) rings is 1. The average Bonchev–Trinajstić information content (AvgIpc) is 3.54. The van der Waals surface area contributed by atoms with Gasteiger partial charge in [0.05, 0.1) is 0 Å². The summed E-state index contributed by atoms with van der Waals surface area (Å²) in [6.45, 7) is 0. The third kappa shape index (κ3) is 3.39. The van der Waals surface area contributed by atoms with Crippen LogP contribution in [0.1, 0.15) is 0 Å². The predicted molar refractivity (Wildman–Crippen MR) is 141 cm³/mol. The molecule has 3 aromatic carbocycles. The van der Waals surface area contributed by atoms with Crippen molar-refractivity contribution in [3.8, 4) is 5.75 Å². The molecule has 0 unspecified atom stereocenters. The number of amides is 3. The predicted octanol–water partition coefficient (Wildman–Crippen LogP) is 2.03. The Morgan fingerprint density at radius 3 is 2.13 bits per heavy atom. The van der Waals surface area contributed by atoms with Gasteiger partial charge in [-0.25, -0.2) is 0 Å². The Morgan fingerprint density at radius 2 is 1.45 bits per heavy atom. The molecule has 6 atom stereocenters. The van der Waals surface area contributed by atoms with Crippen LogP contribution in [-0.4, -0.2) is 69.1 Å². The van der Waals surface area contributed by atoms with E-state index in [2.05, 4.69) is 12.1 Å². The first-order valence-electron chi connectivity index (χ1n) is 12.6. The van der Waals surface area contributed by atoms with Crippen LogP contribution in [0.15, 0.2) is 84.9 Å². The number of imide groups is 1. The second kappa shape index (κ2) is 9.06. The molecule has 4 aliphatic heterocycles. The molecule has 0 spiro atoms. The summed E-state index contributed by atoms with van der Waals surface area (Å²) < 4.78 is 6.53. The Balaban J connectivity index is 1.24. The summed E-state index contributed by atoms with van der Waals surface area (Å²) in [5.74, 6) is -0.832. The van der Waals surface area contributed by atoms with E-state index in [1.807, 2.05) is 53.6 Å². The van der Waals surface area contributed by atoms with E-state index in [4.69, 9.17) is 9.57 Å². The molecule has 0 N–H and O–H groups in total. The van der Waals surface area contributed by atoms with Gasteiger partial charge in [0.2, 0.25) is 0 Å². The molecule has 0 saturated carbocycles. The van der Waals surface area contributed by atoms with Gasteiger partial charge < -0.3 is 0 Å². The molecule has 3 aromatic rings. The fraction of sp³-hybridized carbons (Fsp3) is 0.276. The number of hydroxylamine groups is 2. The number of benzene rings is 3. The van der Waals surface area contributed by atoms with Crippen molar-refractivity contribution >= 4 is 48.5 Å². The van der Waals surface area contributed by atoms with E-state index in [1.54, 1.807) is 36.3 Å². The quantitative estimate of drug-likeness (QED) is 0.255. The van der Waals surface area contributed by atoms with Crippen LogP contribution in [0.5, 0.6) is 5.75 Å². The number of para-hydroxylation sites is 1. The maximum atomic E-state index is 13.8. The molecule has 3 amide bonds. The summed E-state index contributed by atoms with van der Waals surface area (Å²) in [5.41, 5.74) is 1.30. The molecule has 7 rings (SSSR count). The molecule has 0 aliphatic carbocycles. The molecule has 38 heavy (non-hydrogen) atoms.